The normalized spacial score (nSPS) is 23.7. The van der Waals surface area contributed by atoms with Gasteiger partial charge in [-0.2, -0.15) is 0 Å². The van der Waals surface area contributed by atoms with Gasteiger partial charge in [0.25, 0.3) is 0 Å². The van der Waals surface area contributed by atoms with Crippen LogP contribution in [0.15, 0.2) is 6.07 Å². The Hall–Kier alpha value is -0.830. The minimum atomic E-state index is 0.593. The molecular formula is C16H24ClN3. The monoisotopic (exact) mass is 293 g/mol. The maximum atomic E-state index is 6.19. The number of halogens is 1. The Balaban J connectivity index is 1.83. The molecule has 20 heavy (non-hydrogen) atoms. The molecule has 3 rings (SSSR count). The minimum absolute atomic E-state index is 0.593. The summed E-state index contributed by atoms with van der Waals surface area (Å²) in [5, 5.41) is 0.593. The van der Waals surface area contributed by atoms with E-state index in [0.29, 0.717) is 11.2 Å². The molecule has 1 atom stereocenters. The van der Waals surface area contributed by atoms with Gasteiger partial charge in [0.15, 0.2) is 0 Å². The van der Waals surface area contributed by atoms with E-state index in [1.54, 1.807) is 0 Å². The first-order valence-electron chi connectivity index (χ1n) is 8.08. The van der Waals surface area contributed by atoms with Crippen molar-refractivity contribution in [1.29, 1.82) is 0 Å². The van der Waals surface area contributed by atoms with E-state index in [9.17, 15) is 0 Å². The summed E-state index contributed by atoms with van der Waals surface area (Å²) in [6.45, 7) is 3.28. The van der Waals surface area contributed by atoms with E-state index < -0.39 is 0 Å². The molecule has 2 aliphatic rings. The van der Waals surface area contributed by atoms with Gasteiger partial charge in [-0.1, -0.05) is 31.4 Å². The highest BCUT2D eigenvalue weighted by Crippen LogP contribution is 2.37. The lowest BCUT2D eigenvalue weighted by Crippen LogP contribution is -2.35. The van der Waals surface area contributed by atoms with Crippen molar-refractivity contribution in [3.8, 4) is 0 Å². The summed E-state index contributed by atoms with van der Waals surface area (Å²) in [6.07, 6.45) is 10.2. The van der Waals surface area contributed by atoms with Crippen molar-refractivity contribution in [2.24, 2.45) is 5.92 Å². The van der Waals surface area contributed by atoms with Crippen LogP contribution in [0.4, 0.5) is 5.82 Å². The highest BCUT2D eigenvalue weighted by Gasteiger charge is 2.34. The van der Waals surface area contributed by atoms with Gasteiger partial charge in [0.2, 0.25) is 0 Å². The lowest BCUT2D eigenvalue weighted by Gasteiger charge is -2.30. The lowest BCUT2D eigenvalue weighted by molar-refractivity contribution is 0.429. The van der Waals surface area contributed by atoms with Gasteiger partial charge in [0.1, 0.15) is 16.8 Å². The van der Waals surface area contributed by atoms with Crippen LogP contribution in [0.2, 0.25) is 5.15 Å². The molecule has 0 aromatic carbocycles. The van der Waals surface area contributed by atoms with Crippen LogP contribution in [0.5, 0.6) is 0 Å². The lowest BCUT2D eigenvalue weighted by atomic mass is 9.96. The number of hydrogen-bond donors (Lipinski definition) is 0. The molecule has 0 N–H and O–H groups in total. The molecule has 1 saturated heterocycles. The predicted octanol–water partition coefficient (Wildman–Crippen LogP) is 4.24. The van der Waals surface area contributed by atoms with Crippen LogP contribution in [-0.2, 0) is 6.42 Å². The summed E-state index contributed by atoms with van der Waals surface area (Å²) < 4.78 is 0. The molecule has 4 heteroatoms. The van der Waals surface area contributed by atoms with Gasteiger partial charge in [0.05, 0.1) is 0 Å². The fourth-order valence-corrected chi connectivity index (χ4v) is 4.04. The van der Waals surface area contributed by atoms with Crippen molar-refractivity contribution < 1.29 is 0 Å². The smallest absolute Gasteiger partial charge is 0.134 e. The maximum absolute atomic E-state index is 6.19. The first kappa shape index (κ1) is 14.1. The molecule has 0 spiro atoms. The average Bonchev–Trinajstić information content (AvgIpc) is 3.09. The third-order valence-corrected chi connectivity index (χ3v) is 4.93. The zero-order valence-electron chi connectivity index (χ0n) is 12.3. The summed E-state index contributed by atoms with van der Waals surface area (Å²) in [6, 6.07) is 2.63. The van der Waals surface area contributed by atoms with Crippen LogP contribution in [0, 0.1) is 5.92 Å². The first-order valence-corrected chi connectivity index (χ1v) is 8.46. The van der Waals surface area contributed by atoms with Crippen molar-refractivity contribution in [2.75, 3.05) is 11.4 Å². The van der Waals surface area contributed by atoms with Crippen molar-refractivity contribution in [2.45, 2.75) is 64.3 Å². The van der Waals surface area contributed by atoms with E-state index in [4.69, 9.17) is 16.6 Å². The summed E-state index contributed by atoms with van der Waals surface area (Å²) in [5.41, 5.74) is 0. The molecule has 0 radical (unpaired) electrons. The molecule has 1 aromatic rings. The fraction of sp³-hybridized carbons (Fsp3) is 0.750. The quantitative estimate of drug-likeness (QED) is 0.778. The summed E-state index contributed by atoms with van der Waals surface area (Å²) in [4.78, 5) is 11.6. The molecule has 1 aliphatic heterocycles. The topological polar surface area (TPSA) is 29.0 Å². The number of anilines is 1. The van der Waals surface area contributed by atoms with Gasteiger partial charge in [-0.3, -0.25) is 0 Å². The van der Waals surface area contributed by atoms with Gasteiger partial charge in [-0.15, -0.1) is 0 Å². The van der Waals surface area contributed by atoms with E-state index >= 15 is 0 Å². The molecule has 0 bridgehead atoms. The fourth-order valence-electron chi connectivity index (χ4n) is 3.84. The van der Waals surface area contributed by atoms with Crippen LogP contribution < -0.4 is 4.90 Å². The number of aromatic nitrogens is 2. The Morgan fingerprint density at radius 3 is 2.75 bits per heavy atom. The van der Waals surface area contributed by atoms with Crippen molar-refractivity contribution in [3.05, 3.63) is 17.0 Å². The molecule has 1 saturated carbocycles. The Kier molecular flexibility index (Phi) is 4.45. The van der Waals surface area contributed by atoms with E-state index in [-0.39, 0.29) is 0 Å². The van der Waals surface area contributed by atoms with Gasteiger partial charge in [-0.05, 0) is 38.0 Å². The second kappa shape index (κ2) is 6.30. The molecule has 1 aliphatic carbocycles. The van der Waals surface area contributed by atoms with Crippen molar-refractivity contribution >= 4 is 17.4 Å². The Morgan fingerprint density at radius 1 is 1.20 bits per heavy atom. The van der Waals surface area contributed by atoms with E-state index in [1.165, 1.54) is 38.5 Å². The molecule has 1 aromatic heterocycles. The van der Waals surface area contributed by atoms with E-state index in [1.807, 2.05) is 6.07 Å². The molecule has 1 unspecified atom stereocenters. The molecule has 110 valence electrons. The van der Waals surface area contributed by atoms with Crippen molar-refractivity contribution in [3.63, 3.8) is 0 Å². The number of rotatable bonds is 4. The first-order chi connectivity index (χ1) is 9.78. The second-order valence-corrected chi connectivity index (χ2v) is 6.55. The molecule has 2 fully saturated rings. The minimum Gasteiger partial charge on any atom is -0.353 e. The Morgan fingerprint density at radius 2 is 2.00 bits per heavy atom. The van der Waals surface area contributed by atoms with Crippen LogP contribution in [0.25, 0.3) is 0 Å². The van der Waals surface area contributed by atoms with Gasteiger partial charge in [0, 0.05) is 25.1 Å². The zero-order valence-corrected chi connectivity index (χ0v) is 13.1. The van der Waals surface area contributed by atoms with Crippen LogP contribution >= 0.6 is 11.6 Å². The van der Waals surface area contributed by atoms with Crippen molar-refractivity contribution in [1.82, 2.24) is 9.97 Å². The van der Waals surface area contributed by atoms with Crippen LogP contribution in [0.3, 0.4) is 0 Å². The molecular weight excluding hydrogens is 270 g/mol. The standard InChI is InChI=1S/C16H24ClN3/c1-2-6-15-18-14(17)11-16(19-15)20-10-5-9-13(20)12-7-3-4-8-12/h11-13H,2-10H2,1H3. The van der Waals surface area contributed by atoms with Gasteiger partial charge in [-0.25, -0.2) is 9.97 Å². The third-order valence-electron chi connectivity index (χ3n) is 4.74. The molecule has 2 heterocycles. The van der Waals surface area contributed by atoms with Crippen LogP contribution in [-0.4, -0.2) is 22.6 Å². The van der Waals surface area contributed by atoms with Gasteiger partial charge >= 0.3 is 0 Å². The summed E-state index contributed by atoms with van der Waals surface area (Å²) in [5.74, 6) is 2.82. The summed E-state index contributed by atoms with van der Waals surface area (Å²) in [7, 11) is 0. The highest BCUT2D eigenvalue weighted by molar-refractivity contribution is 6.29. The Bertz CT molecular complexity index is 457. The molecule has 0 amide bonds. The predicted molar refractivity (Wildman–Crippen MR) is 83.4 cm³/mol. The maximum Gasteiger partial charge on any atom is 0.134 e. The third kappa shape index (κ3) is 2.93. The highest BCUT2D eigenvalue weighted by atomic mass is 35.5. The largest absolute Gasteiger partial charge is 0.353 e. The number of aryl methyl sites for hydroxylation is 1. The summed E-state index contributed by atoms with van der Waals surface area (Å²) >= 11 is 6.19. The zero-order chi connectivity index (χ0) is 13.9. The van der Waals surface area contributed by atoms with Crippen LogP contribution in [0.1, 0.15) is 57.7 Å². The molecule has 3 nitrogen and oxygen atoms in total. The Labute approximate surface area is 126 Å². The number of nitrogens with zero attached hydrogens (tertiary/aromatic N) is 3. The van der Waals surface area contributed by atoms with E-state index in [2.05, 4.69) is 16.8 Å². The second-order valence-electron chi connectivity index (χ2n) is 6.16. The van der Waals surface area contributed by atoms with E-state index in [0.717, 1.165) is 36.9 Å². The number of hydrogen-bond acceptors (Lipinski definition) is 3. The van der Waals surface area contributed by atoms with Gasteiger partial charge < -0.3 is 4.90 Å². The average molecular weight is 294 g/mol. The SMILES string of the molecule is CCCc1nc(Cl)cc(N2CCCC2C2CCCC2)n1.